The third kappa shape index (κ3) is 1.16. The van der Waals surface area contributed by atoms with Gasteiger partial charge in [0.25, 0.3) is 0 Å². The maximum absolute atomic E-state index is 11.5. The second-order valence-corrected chi connectivity index (χ2v) is 2.01. The summed E-state index contributed by atoms with van der Waals surface area (Å²) in [6, 6.07) is 1.73. The van der Waals surface area contributed by atoms with Crippen LogP contribution in [0.25, 0.3) is 0 Å². The summed E-state index contributed by atoms with van der Waals surface area (Å²) in [6.07, 6.45) is 1.33. The van der Waals surface area contributed by atoms with Gasteiger partial charge in [0.1, 0.15) is 11.9 Å². The summed E-state index contributed by atoms with van der Waals surface area (Å²) in [5, 5.41) is 3.98. The highest BCUT2D eigenvalue weighted by Crippen LogP contribution is 1.98. The quantitative estimate of drug-likeness (QED) is 0.489. The third-order valence-electron chi connectivity index (χ3n) is 1.18. The smallest absolute Gasteiger partial charge is 0.113 e. The van der Waals surface area contributed by atoms with E-state index in [1.54, 1.807) is 17.8 Å². The number of hydrogen-bond donors (Lipinski definition) is 0. The molecule has 0 atom stereocenters. The van der Waals surface area contributed by atoms with Gasteiger partial charge in [0.15, 0.2) is 0 Å². The first-order chi connectivity index (χ1) is 4.74. The normalized spacial score (nSPS) is 8.70. The lowest BCUT2D eigenvalue weighted by atomic mass is 10.4. The van der Waals surface area contributed by atoms with Crippen LogP contribution in [0.3, 0.4) is 0 Å². The van der Waals surface area contributed by atoms with Gasteiger partial charge in [0, 0.05) is 7.05 Å². The standard InChI is InChI=1S/C7H7FN2/c1-6-5-7(3-4-8)10(2)9-6/h5H,1-2H3. The zero-order valence-electron chi connectivity index (χ0n) is 5.85. The van der Waals surface area contributed by atoms with Crippen LogP contribution in [0.2, 0.25) is 0 Å². The molecule has 1 heterocycles. The Morgan fingerprint density at radius 2 is 2.40 bits per heavy atom. The molecule has 10 heavy (non-hydrogen) atoms. The first-order valence-electron chi connectivity index (χ1n) is 2.86. The highest BCUT2D eigenvalue weighted by molar-refractivity contribution is 5.27. The molecule has 0 bridgehead atoms. The average molecular weight is 138 g/mol. The SMILES string of the molecule is Cc1cc(C#CF)n(C)n1. The van der Waals surface area contributed by atoms with Crippen molar-refractivity contribution >= 4 is 0 Å². The lowest BCUT2D eigenvalue weighted by Crippen LogP contribution is -1.93. The molecular weight excluding hydrogens is 131 g/mol. The first kappa shape index (κ1) is 6.81. The molecule has 0 aliphatic heterocycles. The second-order valence-electron chi connectivity index (χ2n) is 2.01. The van der Waals surface area contributed by atoms with Crippen molar-refractivity contribution < 1.29 is 4.39 Å². The maximum atomic E-state index is 11.5. The molecule has 0 aliphatic carbocycles. The number of aromatic nitrogens is 2. The van der Waals surface area contributed by atoms with Crippen LogP contribution in [0.15, 0.2) is 6.07 Å². The zero-order valence-corrected chi connectivity index (χ0v) is 5.85. The molecule has 0 fully saturated rings. The Kier molecular flexibility index (Phi) is 1.72. The molecule has 1 aromatic rings. The van der Waals surface area contributed by atoms with Gasteiger partial charge in [-0.25, -0.2) is 0 Å². The van der Waals surface area contributed by atoms with Crippen molar-refractivity contribution in [3.05, 3.63) is 17.5 Å². The van der Waals surface area contributed by atoms with Gasteiger partial charge in [-0.3, -0.25) is 4.68 Å². The van der Waals surface area contributed by atoms with Gasteiger partial charge in [-0.1, -0.05) is 0 Å². The van der Waals surface area contributed by atoms with Crippen molar-refractivity contribution in [3.8, 4) is 12.1 Å². The number of halogens is 1. The third-order valence-corrected chi connectivity index (χ3v) is 1.18. The molecule has 2 nitrogen and oxygen atoms in total. The molecular formula is C7H7FN2. The Labute approximate surface area is 58.7 Å². The fourth-order valence-corrected chi connectivity index (χ4v) is 0.776. The predicted molar refractivity (Wildman–Crippen MR) is 35.9 cm³/mol. The summed E-state index contributed by atoms with van der Waals surface area (Å²) < 4.78 is 13.0. The lowest BCUT2D eigenvalue weighted by Gasteiger charge is -1.87. The van der Waals surface area contributed by atoms with Crippen LogP contribution in [0.1, 0.15) is 11.4 Å². The van der Waals surface area contributed by atoms with Crippen LogP contribution in [-0.2, 0) is 7.05 Å². The van der Waals surface area contributed by atoms with E-state index in [2.05, 4.69) is 11.0 Å². The number of hydrogen-bond acceptors (Lipinski definition) is 1. The van der Waals surface area contributed by atoms with Gasteiger partial charge in [0.05, 0.1) is 5.69 Å². The fourth-order valence-electron chi connectivity index (χ4n) is 0.776. The summed E-state index contributed by atoms with van der Waals surface area (Å²) in [5.74, 6) is 2.28. The molecule has 0 spiro atoms. The van der Waals surface area contributed by atoms with E-state index < -0.39 is 0 Å². The molecule has 1 rings (SSSR count). The monoisotopic (exact) mass is 138 g/mol. The summed E-state index contributed by atoms with van der Waals surface area (Å²) in [5.41, 5.74) is 1.44. The van der Waals surface area contributed by atoms with Crippen molar-refractivity contribution in [1.29, 1.82) is 0 Å². The minimum Gasteiger partial charge on any atom is -0.260 e. The van der Waals surface area contributed by atoms with E-state index in [1.165, 1.54) is 6.17 Å². The van der Waals surface area contributed by atoms with E-state index in [9.17, 15) is 4.39 Å². The molecule has 3 heteroatoms. The average Bonchev–Trinajstić information content (AvgIpc) is 2.13. The highest BCUT2D eigenvalue weighted by Gasteiger charge is 1.95. The van der Waals surface area contributed by atoms with Crippen molar-refractivity contribution in [2.24, 2.45) is 7.05 Å². The molecule has 0 aromatic carbocycles. The van der Waals surface area contributed by atoms with Crippen molar-refractivity contribution in [2.75, 3.05) is 0 Å². The molecule has 0 N–H and O–H groups in total. The Hall–Kier alpha value is -1.30. The largest absolute Gasteiger partial charge is 0.260 e. The second kappa shape index (κ2) is 2.53. The van der Waals surface area contributed by atoms with Crippen LogP contribution in [0.5, 0.6) is 0 Å². The molecule has 0 unspecified atom stereocenters. The van der Waals surface area contributed by atoms with Gasteiger partial charge in [-0.2, -0.15) is 5.10 Å². The van der Waals surface area contributed by atoms with E-state index >= 15 is 0 Å². The zero-order chi connectivity index (χ0) is 7.56. The fraction of sp³-hybridized carbons (Fsp3) is 0.286. The minimum atomic E-state index is 0.597. The van der Waals surface area contributed by atoms with Gasteiger partial charge >= 0.3 is 0 Å². The van der Waals surface area contributed by atoms with Crippen LogP contribution in [0, 0.1) is 19.0 Å². The van der Waals surface area contributed by atoms with Crippen molar-refractivity contribution in [3.63, 3.8) is 0 Å². The lowest BCUT2D eigenvalue weighted by molar-refractivity contribution is 0.741. The first-order valence-corrected chi connectivity index (χ1v) is 2.86. The van der Waals surface area contributed by atoms with Gasteiger partial charge in [-0.05, 0) is 18.9 Å². The molecule has 0 saturated carbocycles. The Morgan fingerprint density at radius 1 is 1.70 bits per heavy atom. The molecule has 0 saturated heterocycles. The Balaban J connectivity index is 3.11. The maximum Gasteiger partial charge on any atom is 0.113 e. The van der Waals surface area contributed by atoms with E-state index in [4.69, 9.17) is 0 Å². The van der Waals surface area contributed by atoms with Crippen molar-refractivity contribution in [1.82, 2.24) is 9.78 Å². The van der Waals surface area contributed by atoms with Crippen LogP contribution >= 0.6 is 0 Å². The van der Waals surface area contributed by atoms with Gasteiger partial charge in [0.2, 0.25) is 0 Å². The Bertz CT molecular complexity index is 290. The van der Waals surface area contributed by atoms with Crippen molar-refractivity contribution in [2.45, 2.75) is 6.92 Å². The summed E-state index contributed by atoms with van der Waals surface area (Å²) >= 11 is 0. The van der Waals surface area contributed by atoms with E-state index in [-0.39, 0.29) is 0 Å². The molecule has 0 amide bonds. The van der Waals surface area contributed by atoms with Crippen LogP contribution in [0.4, 0.5) is 4.39 Å². The van der Waals surface area contributed by atoms with Crippen LogP contribution in [-0.4, -0.2) is 9.78 Å². The Morgan fingerprint density at radius 3 is 2.80 bits per heavy atom. The van der Waals surface area contributed by atoms with E-state index in [0.29, 0.717) is 5.69 Å². The summed E-state index contributed by atoms with van der Waals surface area (Å²) in [7, 11) is 1.73. The topological polar surface area (TPSA) is 17.8 Å². The van der Waals surface area contributed by atoms with E-state index in [0.717, 1.165) is 5.69 Å². The highest BCUT2D eigenvalue weighted by atomic mass is 19.1. The number of rotatable bonds is 0. The molecule has 0 aliphatic rings. The molecule has 1 aromatic heterocycles. The summed E-state index contributed by atoms with van der Waals surface area (Å²) in [4.78, 5) is 0. The van der Waals surface area contributed by atoms with E-state index in [1.807, 2.05) is 6.92 Å². The van der Waals surface area contributed by atoms with Gasteiger partial charge in [-0.15, -0.1) is 4.39 Å². The molecule has 0 radical (unpaired) electrons. The summed E-state index contributed by atoms with van der Waals surface area (Å²) in [6.45, 7) is 1.84. The van der Waals surface area contributed by atoms with Gasteiger partial charge < -0.3 is 0 Å². The number of nitrogens with zero attached hydrogens (tertiary/aromatic N) is 2. The predicted octanol–water partition coefficient (Wildman–Crippen LogP) is 1.01. The van der Waals surface area contributed by atoms with Crippen LogP contribution < -0.4 is 0 Å². The molecule has 52 valence electrons. The minimum absolute atomic E-state index is 0.597. The number of aryl methyl sites for hydroxylation is 2.